The second-order valence-corrected chi connectivity index (χ2v) is 5.93. The summed E-state index contributed by atoms with van der Waals surface area (Å²) in [7, 11) is 1.39. The van der Waals surface area contributed by atoms with Crippen LogP contribution < -0.4 is 5.32 Å². The molecule has 0 aliphatic rings. The summed E-state index contributed by atoms with van der Waals surface area (Å²) in [6, 6.07) is 7.58. The lowest BCUT2D eigenvalue weighted by atomic mass is 10.1. The summed E-state index contributed by atoms with van der Waals surface area (Å²) in [6.07, 6.45) is 3.93. The fourth-order valence-electron chi connectivity index (χ4n) is 1.79. The summed E-state index contributed by atoms with van der Waals surface area (Å²) in [5, 5.41) is 2.91. The van der Waals surface area contributed by atoms with Crippen LogP contribution in [0.5, 0.6) is 0 Å². The first-order valence-corrected chi connectivity index (χ1v) is 8.41. The van der Waals surface area contributed by atoms with Gasteiger partial charge < -0.3 is 10.1 Å². The maximum atomic E-state index is 12.0. The van der Waals surface area contributed by atoms with E-state index in [0.29, 0.717) is 12.8 Å². The number of carbonyl (C=O) groups is 2. The van der Waals surface area contributed by atoms with E-state index in [1.807, 2.05) is 37.4 Å². The Bertz CT molecular complexity index is 459. The predicted octanol–water partition coefficient (Wildman–Crippen LogP) is 3.76. The average molecular weight is 325 g/mol. The Morgan fingerprint density at radius 2 is 1.91 bits per heavy atom. The molecule has 0 aliphatic carbocycles. The lowest BCUT2D eigenvalue weighted by Gasteiger charge is -2.12. The van der Waals surface area contributed by atoms with Gasteiger partial charge in [0.25, 0.3) is 0 Å². The van der Waals surface area contributed by atoms with Gasteiger partial charge in [-0.3, -0.25) is 9.59 Å². The number of rotatable bonds is 8. The Hall–Kier alpha value is -1.49. The van der Waals surface area contributed by atoms with Crippen LogP contribution >= 0.6 is 11.8 Å². The highest BCUT2D eigenvalue weighted by molar-refractivity contribution is 7.98. The minimum atomic E-state index is -0.213. The summed E-state index contributed by atoms with van der Waals surface area (Å²) in [5.41, 5.74) is 1.84. The highest BCUT2D eigenvalue weighted by atomic mass is 32.2. The fraction of sp³-hybridized carbons (Fsp3) is 0.529. The summed E-state index contributed by atoms with van der Waals surface area (Å²) >= 11 is 1.75. The molecule has 0 fully saturated rings. The number of aryl methyl sites for hydroxylation is 1. The molecule has 22 heavy (non-hydrogen) atoms. The van der Waals surface area contributed by atoms with E-state index in [1.165, 1.54) is 7.11 Å². The zero-order valence-corrected chi connectivity index (χ0v) is 13.7. The van der Waals surface area contributed by atoms with Crippen molar-refractivity contribution >= 4 is 29.3 Å². The monoisotopic (exact) mass is 325 g/mol. The lowest BCUT2D eigenvalue weighted by Crippen LogP contribution is -2.20. The molecule has 1 aromatic carbocycles. The number of esters is 1. The molecule has 1 rings (SSSR count). The molecule has 5 heteroatoms. The van der Waals surface area contributed by atoms with Gasteiger partial charge in [-0.15, -0.1) is 0 Å². The maximum absolute atomic E-state index is 12.0. The first kappa shape index (κ1) is 20.5. The molecule has 4 nitrogen and oxygen atoms in total. The van der Waals surface area contributed by atoms with Crippen LogP contribution in [0.25, 0.3) is 0 Å². The van der Waals surface area contributed by atoms with Gasteiger partial charge in [-0.25, -0.2) is 0 Å². The molecule has 1 amide bonds. The van der Waals surface area contributed by atoms with E-state index >= 15 is 0 Å². The Morgan fingerprint density at radius 1 is 1.27 bits per heavy atom. The number of thioether (sulfide) groups is 1. The number of hydrogen-bond donors (Lipinski definition) is 1. The molecular weight excluding hydrogens is 298 g/mol. The van der Waals surface area contributed by atoms with E-state index in [0.717, 1.165) is 23.4 Å². The van der Waals surface area contributed by atoms with Crippen molar-refractivity contribution in [2.45, 2.75) is 33.6 Å². The third-order valence-electron chi connectivity index (χ3n) is 3.27. The molecule has 0 bridgehead atoms. The second kappa shape index (κ2) is 11.1. The molecule has 0 unspecified atom stereocenters. The van der Waals surface area contributed by atoms with Crippen molar-refractivity contribution in [1.29, 1.82) is 0 Å². The van der Waals surface area contributed by atoms with Gasteiger partial charge in [-0.05, 0) is 42.5 Å². The predicted molar refractivity (Wildman–Crippen MR) is 94.3 cm³/mol. The molecule has 0 aromatic heterocycles. The smallest absolute Gasteiger partial charge is 0.305 e. The van der Waals surface area contributed by atoms with Gasteiger partial charge in [0.1, 0.15) is 0 Å². The Morgan fingerprint density at radius 3 is 2.45 bits per heavy atom. The molecule has 0 aliphatic heterocycles. The summed E-state index contributed by atoms with van der Waals surface area (Å²) in [6.45, 7) is 1.94. The van der Waals surface area contributed by atoms with Crippen molar-refractivity contribution in [2.75, 3.05) is 24.4 Å². The van der Waals surface area contributed by atoms with Crippen molar-refractivity contribution in [3.8, 4) is 0 Å². The second-order valence-electron chi connectivity index (χ2n) is 4.94. The molecule has 1 N–H and O–H groups in total. The number of carbonyl (C=O) groups excluding carboxylic acids is 2. The van der Waals surface area contributed by atoms with Crippen LogP contribution in [0.15, 0.2) is 24.3 Å². The van der Waals surface area contributed by atoms with E-state index in [4.69, 9.17) is 0 Å². The third-order valence-corrected chi connectivity index (χ3v) is 3.91. The van der Waals surface area contributed by atoms with E-state index in [-0.39, 0.29) is 25.2 Å². The van der Waals surface area contributed by atoms with Crippen LogP contribution in [0.3, 0.4) is 0 Å². The largest absolute Gasteiger partial charge is 0.469 e. The molecule has 1 aromatic rings. The molecule has 124 valence electrons. The first-order chi connectivity index (χ1) is 10.1. The highest BCUT2D eigenvalue weighted by Crippen LogP contribution is 2.14. The maximum Gasteiger partial charge on any atom is 0.305 e. The highest BCUT2D eigenvalue weighted by Gasteiger charge is 2.12. The fourth-order valence-corrected chi connectivity index (χ4v) is 2.38. The van der Waals surface area contributed by atoms with Gasteiger partial charge in [-0.2, -0.15) is 11.8 Å². The summed E-state index contributed by atoms with van der Waals surface area (Å²) in [4.78, 5) is 23.1. The minimum absolute atomic E-state index is 0. The summed E-state index contributed by atoms with van der Waals surface area (Å²) < 4.78 is 4.61. The van der Waals surface area contributed by atoms with Gasteiger partial charge in [0.05, 0.1) is 7.11 Å². The Balaban J connectivity index is 0.00000441. The van der Waals surface area contributed by atoms with Crippen LogP contribution in [0.1, 0.15) is 32.8 Å². The molecule has 0 radical (unpaired) electrons. The van der Waals surface area contributed by atoms with E-state index in [9.17, 15) is 9.59 Å². The number of benzene rings is 1. The van der Waals surface area contributed by atoms with Crippen LogP contribution in [0.4, 0.5) is 5.69 Å². The van der Waals surface area contributed by atoms with Crippen LogP contribution in [-0.4, -0.2) is 31.0 Å². The number of anilines is 1. The summed E-state index contributed by atoms with van der Waals surface area (Å²) in [5.74, 6) is 0.832. The third kappa shape index (κ3) is 7.50. The van der Waals surface area contributed by atoms with Crippen molar-refractivity contribution in [2.24, 2.45) is 5.92 Å². The molecule has 1 atom stereocenters. The van der Waals surface area contributed by atoms with Crippen molar-refractivity contribution < 1.29 is 14.3 Å². The quantitative estimate of drug-likeness (QED) is 0.740. The topological polar surface area (TPSA) is 55.4 Å². The van der Waals surface area contributed by atoms with Gasteiger partial charge in [0.2, 0.25) is 5.91 Å². The van der Waals surface area contributed by atoms with Crippen molar-refractivity contribution in [3.63, 3.8) is 0 Å². The SMILES string of the molecule is C.COC(=O)CCc1ccc(NC(=O)[C@@H](C)CCSC)cc1. The Kier molecular flexibility index (Phi) is 10.4. The number of amides is 1. The number of methoxy groups -OCH3 is 1. The lowest BCUT2D eigenvalue weighted by molar-refractivity contribution is -0.140. The van der Waals surface area contributed by atoms with Crippen LogP contribution in [-0.2, 0) is 20.7 Å². The normalized spacial score (nSPS) is 11.2. The first-order valence-electron chi connectivity index (χ1n) is 7.02. The Labute approximate surface area is 138 Å². The van der Waals surface area contributed by atoms with E-state index < -0.39 is 0 Å². The minimum Gasteiger partial charge on any atom is -0.469 e. The number of ether oxygens (including phenoxy) is 1. The van der Waals surface area contributed by atoms with Gasteiger partial charge >= 0.3 is 5.97 Å². The molecule has 0 heterocycles. The number of nitrogens with one attached hydrogen (secondary N) is 1. The van der Waals surface area contributed by atoms with Gasteiger partial charge in [-0.1, -0.05) is 26.5 Å². The van der Waals surface area contributed by atoms with Crippen LogP contribution in [0, 0.1) is 5.92 Å². The number of hydrogen-bond acceptors (Lipinski definition) is 4. The standard InChI is InChI=1S/C16H23NO3S.CH4/c1-12(10-11-21-3)16(19)17-14-7-4-13(5-8-14)6-9-15(18)20-2;/h4-5,7-8,12H,6,9-11H2,1-3H3,(H,17,19);1H4/t12-;/m0./s1. The zero-order chi connectivity index (χ0) is 15.7. The average Bonchev–Trinajstić information content (AvgIpc) is 2.51. The molecule has 0 saturated carbocycles. The molecule has 0 spiro atoms. The van der Waals surface area contributed by atoms with Crippen molar-refractivity contribution in [3.05, 3.63) is 29.8 Å². The van der Waals surface area contributed by atoms with Crippen LogP contribution in [0.2, 0.25) is 0 Å². The van der Waals surface area contributed by atoms with Gasteiger partial charge in [0, 0.05) is 18.0 Å². The van der Waals surface area contributed by atoms with Gasteiger partial charge in [0.15, 0.2) is 0 Å². The van der Waals surface area contributed by atoms with Crippen molar-refractivity contribution in [1.82, 2.24) is 0 Å². The molecule has 0 saturated heterocycles. The van der Waals surface area contributed by atoms with E-state index in [1.54, 1.807) is 11.8 Å². The molecular formula is C17H27NO3S. The van der Waals surface area contributed by atoms with E-state index in [2.05, 4.69) is 10.1 Å². The zero-order valence-electron chi connectivity index (χ0n) is 12.8.